The van der Waals surface area contributed by atoms with Crippen molar-refractivity contribution in [1.82, 2.24) is 10.2 Å². The van der Waals surface area contributed by atoms with Gasteiger partial charge >= 0.3 is 5.97 Å². The second-order valence-corrected chi connectivity index (χ2v) is 5.85. The van der Waals surface area contributed by atoms with E-state index in [1.165, 1.54) is 0 Å². The minimum Gasteiger partial charge on any atom is -0.480 e. The molecule has 0 radical (unpaired) electrons. The van der Waals surface area contributed by atoms with E-state index >= 15 is 0 Å². The van der Waals surface area contributed by atoms with Gasteiger partial charge in [-0.3, -0.25) is 4.79 Å². The van der Waals surface area contributed by atoms with E-state index in [-0.39, 0.29) is 0 Å². The topological polar surface area (TPSA) is 52.6 Å². The average molecular weight is 242 g/mol. The molecule has 4 unspecified atom stereocenters. The van der Waals surface area contributed by atoms with Crippen LogP contribution in [0.2, 0.25) is 0 Å². The molecule has 4 heteroatoms. The van der Waals surface area contributed by atoms with Crippen molar-refractivity contribution in [3.63, 3.8) is 0 Å². The van der Waals surface area contributed by atoms with Crippen molar-refractivity contribution in [2.45, 2.75) is 45.7 Å². The maximum absolute atomic E-state index is 11.3. The third kappa shape index (κ3) is 3.19. The monoisotopic (exact) mass is 242 g/mol. The Labute approximate surface area is 104 Å². The van der Waals surface area contributed by atoms with Gasteiger partial charge in [-0.1, -0.05) is 13.8 Å². The van der Waals surface area contributed by atoms with Gasteiger partial charge in [0.25, 0.3) is 0 Å². The highest BCUT2D eigenvalue weighted by Gasteiger charge is 2.37. The molecule has 0 aromatic carbocycles. The lowest BCUT2D eigenvalue weighted by molar-refractivity contribution is -0.144. The summed E-state index contributed by atoms with van der Waals surface area (Å²) in [7, 11) is 1.72. The number of rotatable bonds is 5. The minimum absolute atomic E-state index is 0.302. The van der Waals surface area contributed by atoms with Gasteiger partial charge in [0.15, 0.2) is 0 Å². The second kappa shape index (κ2) is 5.36. The van der Waals surface area contributed by atoms with Crippen LogP contribution in [0.5, 0.6) is 0 Å². The van der Waals surface area contributed by atoms with Crippen molar-refractivity contribution >= 4 is 5.97 Å². The van der Waals surface area contributed by atoms with Crippen molar-refractivity contribution < 1.29 is 9.90 Å². The summed E-state index contributed by atoms with van der Waals surface area (Å²) in [6.07, 6.45) is 0.637. The van der Waals surface area contributed by atoms with Crippen LogP contribution < -0.4 is 5.32 Å². The summed E-state index contributed by atoms with van der Waals surface area (Å²) in [5, 5.41) is 12.2. The third-order valence-electron chi connectivity index (χ3n) is 4.37. The van der Waals surface area contributed by atoms with Gasteiger partial charge in [0.1, 0.15) is 5.54 Å². The second-order valence-electron chi connectivity index (χ2n) is 5.85. The predicted octanol–water partition coefficient (Wildman–Crippen LogP) is 1.42. The number of nitrogens with one attached hydrogen (secondary N) is 1. The van der Waals surface area contributed by atoms with E-state index < -0.39 is 11.5 Å². The average Bonchev–Trinajstić information content (AvgIpc) is 2.59. The van der Waals surface area contributed by atoms with Crippen LogP contribution in [0.3, 0.4) is 0 Å². The van der Waals surface area contributed by atoms with Gasteiger partial charge in [0.2, 0.25) is 0 Å². The SMILES string of the molecule is CNC(C)(CC(C)N1CC(C)C(C)C1)C(=O)O. The minimum atomic E-state index is -0.825. The first-order chi connectivity index (χ1) is 7.80. The summed E-state index contributed by atoms with van der Waals surface area (Å²) in [5.41, 5.74) is -0.825. The van der Waals surface area contributed by atoms with Crippen molar-refractivity contribution in [2.24, 2.45) is 11.8 Å². The van der Waals surface area contributed by atoms with Gasteiger partial charge in [-0.05, 0) is 39.2 Å². The highest BCUT2D eigenvalue weighted by atomic mass is 16.4. The zero-order valence-electron chi connectivity index (χ0n) is 11.7. The number of aliphatic carboxylic acids is 1. The summed E-state index contributed by atoms with van der Waals surface area (Å²) in [4.78, 5) is 13.7. The van der Waals surface area contributed by atoms with E-state index in [1.807, 2.05) is 0 Å². The van der Waals surface area contributed by atoms with Gasteiger partial charge in [-0.25, -0.2) is 0 Å². The van der Waals surface area contributed by atoms with Crippen molar-refractivity contribution in [1.29, 1.82) is 0 Å². The first-order valence-corrected chi connectivity index (χ1v) is 6.46. The number of carboxylic acids is 1. The largest absolute Gasteiger partial charge is 0.480 e. The van der Waals surface area contributed by atoms with Crippen LogP contribution >= 0.6 is 0 Å². The molecule has 0 amide bonds. The molecular weight excluding hydrogens is 216 g/mol. The lowest BCUT2D eigenvalue weighted by Crippen LogP contribution is -2.51. The summed E-state index contributed by atoms with van der Waals surface area (Å²) in [6, 6.07) is 0.302. The van der Waals surface area contributed by atoms with Crippen molar-refractivity contribution in [2.75, 3.05) is 20.1 Å². The molecule has 0 aromatic rings. The van der Waals surface area contributed by atoms with E-state index in [4.69, 9.17) is 0 Å². The van der Waals surface area contributed by atoms with Crippen molar-refractivity contribution in [3.8, 4) is 0 Å². The molecule has 2 N–H and O–H groups in total. The van der Waals surface area contributed by atoms with Crippen LogP contribution in [0, 0.1) is 11.8 Å². The summed E-state index contributed by atoms with van der Waals surface area (Å²) in [5.74, 6) is 0.651. The maximum atomic E-state index is 11.3. The molecule has 0 saturated carbocycles. The fourth-order valence-corrected chi connectivity index (χ4v) is 2.55. The number of carboxylic acid groups (broad SMARTS) is 1. The van der Waals surface area contributed by atoms with Gasteiger partial charge < -0.3 is 15.3 Å². The molecule has 1 heterocycles. The molecular formula is C13H26N2O2. The number of likely N-dealkylation sites (N-methyl/N-ethyl adjacent to an activating group) is 1. The quantitative estimate of drug-likeness (QED) is 0.765. The number of hydrogen-bond acceptors (Lipinski definition) is 3. The Morgan fingerprint density at radius 3 is 2.29 bits per heavy atom. The first kappa shape index (κ1) is 14.5. The van der Waals surface area contributed by atoms with Crippen LogP contribution in [0.15, 0.2) is 0 Å². The summed E-state index contributed by atoms with van der Waals surface area (Å²) in [6.45, 7) is 10.6. The molecule has 17 heavy (non-hydrogen) atoms. The van der Waals surface area contributed by atoms with Crippen LogP contribution in [0.4, 0.5) is 0 Å². The molecule has 0 spiro atoms. The van der Waals surface area contributed by atoms with Gasteiger partial charge in [0.05, 0.1) is 0 Å². The Morgan fingerprint density at radius 1 is 1.47 bits per heavy atom. The molecule has 4 atom stereocenters. The van der Waals surface area contributed by atoms with E-state index in [0.717, 1.165) is 13.1 Å². The highest BCUT2D eigenvalue weighted by Crippen LogP contribution is 2.26. The standard InChI is InChI=1S/C13H26N2O2/c1-9-7-15(8-10(9)2)11(3)6-13(4,14-5)12(16)17/h9-11,14H,6-8H2,1-5H3,(H,16,17). The fourth-order valence-electron chi connectivity index (χ4n) is 2.55. The smallest absolute Gasteiger partial charge is 0.323 e. The third-order valence-corrected chi connectivity index (χ3v) is 4.37. The Morgan fingerprint density at radius 2 is 1.94 bits per heavy atom. The Kier molecular flexibility index (Phi) is 4.55. The molecule has 100 valence electrons. The zero-order chi connectivity index (χ0) is 13.2. The molecule has 1 saturated heterocycles. The fraction of sp³-hybridized carbons (Fsp3) is 0.923. The predicted molar refractivity (Wildman–Crippen MR) is 69.1 cm³/mol. The number of hydrogen-bond donors (Lipinski definition) is 2. The molecule has 1 aliphatic rings. The molecule has 1 rings (SSSR count). The van der Waals surface area contributed by atoms with Gasteiger partial charge in [0, 0.05) is 19.1 Å². The first-order valence-electron chi connectivity index (χ1n) is 6.46. The number of likely N-dealkylation sites (tertiary alicyclic amines) is 1. The molecule has 0 aromatic heterocycles. The summed E-state index contributed by atoms with van der Waals surface area (Å²) >= 11 is 0. The summed E-state index contributed by atoms with van der Waals surface area (Å²) < 4.78 is 0. The Bertz CT molecular complexity index is 273. The van der Waals surface area contributed by atoms with E-state index in [9.17, 15) is 9.90 Å². The van der Waals surface area contributed by atoms with Crippen molar-refractivity contribution in [3.05, 3.63) is 0 Å². The zero-order valence-corrected chi connectivity index (χ0v) is 11.7. The van der Waals surface area contributed by atoms with Crippen LogP contribution in [0.25, 0.3) is 0 Å². The molecule has 1 aliphatic heterocycles. The molecule has 0 aliphatic carbocycles. The molecule has 4 nitrogen and oxygen atoms in total. The molecule has 0 bridgehead atoms. The van der Waals surface area contributed by atoms with Gasteiger partial charge in [-0.2, -0.15) is 0 Å². The normalized spacial score (nSPS) is 31.1. The number of nitrogens with zero attached hydrogens (tertiary/aromatic N) is 1. The lowest BCUT2D eigenvalue weighted by Gasteiger charge is -2.32. The molecule has 1 fully saturated rings. The highest BCUT2D eigenvalue weighted by molar-refractivity contribution is 5.78. The van der Waals surface area contributed by atoms with E-state index in [2.05, 4.69) is 31.0 Å². The number of carbonyl (C=O) groups is 1. The van der Waals surface area contributed by atoms with Gasteiger partial charge in [-0.15, -0.1) is 0 Å². The lowest BCUT2D eigenvalue weighted by atomic mass is 9.93. The Hall–Kier alpha value is -0.610. The van der Waals surface area contributed by atoms with Crippen LogP contribution in [0.1, 0.15) is 34.1 Å². The Balaban J connectivity index is 2.60. The van der Waals surface area contributed by atoms with E-state index in [1.54, 1.807) is 14.0 Å². The van der Waals surface area contributed by atoms with Crippen LogP contribution in [-0.4, -0.2) is 47.7 Å². The van der Waals surface area contributed by atoms with E-state index in [0.29, 0.717) is 24.3 Å². The van der Waals surface area contributed by atoms with Crippen LogP contribution in [-0.2, 0) is 4.79 Å². The maximum Gasteiger partial charge on any atom is 0.323 e.